The van der Waals surface area contributed by atoms with Crippen LogP contribution >= 0.6 is 11.8 Å². The molecule has 0 fully saturated rings. The van der Waals surface area contributed by atoms with Crippen LogP contribution in [0.25, 0.3) is 17.0 Å². The summed E-state index contributed by atoms with van der Waals surface area (Å²) in [6, 6.07) is 7.17. The first-order valence-corrected chi connectivity index (χ1v) is 7.05. The van der Waals surface area contributed by atoms with E-state index >= 15 is 0 Å². The molecule has 0 bridgehead atoms. The average Bonchev–Trinajstić information content (AvgIpc) is 2.91. The van der Waals surface area contributed by atoms with Gasteiger partial charge in [-0.05, 0) is 31.2 Å². The van der Waals surface area contributed by atoms with Crippen molar-refractivity contribution in [3.8, 4) is 11.4 Å². The molecule has 3 rings (SSSR count). The van der Waals surface area contributed by atoms with Crippen LogP contribution in [0, 0.1) is 0 Å². The lowest BCUT2D eigenvalue weighted by Crippen LogP contribution is -2.11. The minimum Gasteiger partial charge on any atom is -0.480 e. The van der Waals surface area contributed by atoms with E-state index in [0.29, 0.717) is 16.5 Å². The Morgan fingerprint density at radius 1 is 1.33 bits per heavy atom. The van der Waals surface area contributed by atoms with Crippen molar-refractivity contribution in [3.05, 3.63) is 36.7 Å². The van der Waals surface area contributed by atoms with E-state index < -0.39 is 11.2 Å². The minimum absolute atomic E-state index is 0.573. The molecule has 0 saturated carbocycles. The van der Waals surface area contributed by atoms with Crippen LogP contribution in [-0.2, 0) is 4.79 Å². The van der Waals surface area contributed by atoms with E-state index in [4.69, 9.17) is 5.11 Å². The fraction of sp³-hybridized carbons (Fsp3) is 0.154. The number of thioether (sulfide) groups is 1. The van der Waals surface area contributed by atoms with Crippen molar-refractivity contribution in [2.45, 2.75) is 17.2 Å². The summed E-state index contributed by atoms with van der Waals surface area (Å²) in [6.07, 6.45) is 3.35. The molecule has 0 aliphatic heterocycles. The Balaban J connectivity index is 2.02. The van der Waals surface area contributed by atoms with Crippen LogP contribution < -0.4 is 0 Å². The molecular formula is C13H11N5O2S. The first-order valence-electron chi connectivity index (χ1n) is 6.17. The highest BCUT2D eigenvalue weighted by Gasteiger charge is 2.15. The number of pyridine rings is 1. The summed E-state index contributed by atoms with van der Waals surface area (Å²) in [5, 5.41) is 21.5. The normalized spacial score (nSPS) is 12.4. The minimum atomic E-state index is -0.877. The summed E-state index contributed by atoms with van der Waals surface area (Å²) in [6.45, 7) is 1.62. The van der Waals surface area contributed by atoms with Gasteiger partial charge in [-0.3, -0.25) is 9.78 Å². The number of carboxylic acids is 1. The number of aliphatic carboxylic acids is 1. The van der Waals surface area contributed by atoms with E-state index in [1.807, 2.05) is 12.1 Å². The second-order valence-corrected chi connectivity index (χ2v) is 5.67. The number of rotatable bonds is 4. The largest absolute Gasteiger partial charge is 0.480 e. The van der Waals surface area contributed by atoms with E-state index in [1.54, 1.807) is 36.0 Å². The number of carboxylic acid groups (broad SMARTS) is 1. The van der Waals surface area contributed by atoms with Crippen LogP contribution in [0.5, 0.6) is 0 Å². The van der Waals surface area contributed by atoms with Crippen LogP contribution in [0.3, 0.4) is 0 Å². The molecule has 0 aliphatic rings. The molecule has 1 N–H and O–H groups in total. The molecule has 0 aliphatic carbocycles. The Hall–Kier alpha value is -2.48. The highest BCUT2D eigenvalue weighted by molar-refractivity contribution is 8.00. The molecule has 3 aromatic rings. The Labute approximate surface area is 124 Å². The predicted octanol–water partition coefficient (Wildman–Crippen LogP) is 1.75. The molecule has 0 aromatic carbocycles. The van der Waals surface area contributed by atoms with Gasteiger partial charge in [0.05, 0.1) is 0 Å². The number of aromatic nitrogens is 5. The third-order valence-corrected chi connectivity index (χ3v) is 3.82. The van der Waals surface area contributed by atoms with E-state index in [0.717, 1.165) is 5.56 Å². The van der Waals surface area contributed by atoms with Crippen molar-refractivity contribution in [2.75, 3.05) is 0 Å². The van der Waals surface area contributed by atoms with Crippen LogP contribution in [0.1, 0.15) is 6.92 Å². The zero-order chi connectivity index (χ0) is 14.8. The first kappa shape index (κ1) is 13.5. The summed E-state index contributed by atoms with van der Waals surface area (Å²) in [4.78, 5) is 15.0. The first-order chi connectivity index (χ1) is 10.1. The maximum Gasteiger partial charge on any atom is 0.316 e. The van der Waals surface area contributed by atoms with Gasteiger partial charge >= 0.3 is 5.97 Å². The van der Waals surface area contributed by atoms with Gasteiger partial charge < -0.3 is 5.11 Å². The fourth-order valence-corrected chi connectivity index (χ4v) is 2.48. The van der Waals surface area contributed by atoms with Gasteiger partial charge in [-0.1, -0.05) is 11.8 Å². The maximum absolute atomic E-state index is 10.9. The lowest BCUT2D eigenvalue weighted by Gasteiger charge is -2.05. The van der Waals surface area contributed by atoms with Crippen molar-refractivity contribution in [1.82, 2.24) is 24.8 Å². The van der Waals surface area contributed by atoms with Crippen molar-refractivity contribution in [2.24, 2.45) is 0 Å². The lowest BCUT2D eigenvalue weighted by atomic mass is 10.3. The van der Waals surface area contributed by atoms with Gasteiger partial charge in [0, 0.05) is 18.0 Å². The maximum atomic E-state index is 10.9. The third kappa shape index (κ3) is 2.70. The standard InChI is InChI=1S/C13H11N5O2S/c1-8(13(19)20)21-11-5-4-10-15-16-12(18(10)17-11)9-3-2-6-14-7-9/h2-8H,1H3,(H,19,20)/t8-/m1/s1. The zero-order valence-corrected chi connectivity index (χ0v) is 11.9. The number of nitrogens with zero attached hydrogens (tertiary/aromatic N) is 5. The van der Waals surface area contributed by atoms with Crippen LogP contribution in [0.4, 0.5) is 0 Å². The van der Waals surface area contributed by atoms with Gasteiger partial charge in [-0.2, -0.15) is 9.61 Å². The molecule has 7 nitrogen and oxygen atoms in total. The topological polar surface area (TPSA) is 93.3 Å². The quantitative estimate of drug-likeness (QED) is 0.734. The van der Waals surface area contributed by atoms with Crippen LogP contribution in [0.2, 0.25) is 0 Å². The molecule has 0 amide bonds. The second-order valence-electron chi connectivity index (χ2n) is 4.31. The molecular weight excluding hydrogens is 290 g/mol. The molecule has 0 radical (unpaired) electrons. The van der Waals surface area contributed by atoms with Gasteiger partial charge in [0.15, 0.2) is 11.5 Å². The predicted molar refractivity (Wildman–Crippen MR) is 77.0 cm³/mol. The fourth-order valence-electron chi connectivity index (χ4n) is 1.74. The third-order valence-electron chi connectivity index (χ3n) is 2.80. The van der Waals surface area contributed by atoms with Crippen molar-refractivity contribution >= 4 is 23.4 Å². The van der Waals surface area contributed by atoms with Crippen LogP contribution in [-0.4, -0.2) is 41.1 Å². The number of hydrogen-bond donors (Lipinski definition) is 1. The molecule has 106 valence electrons. The van der Waals surface area contributed by atoms with Gasteiger partial charge in [0.25, 0.3) is 0 Å². The van der Waals surface area contributed by atoms with E-state index in [1.165, 1.54) is 11.8 Å². The number of fused-ring (bicyclic) bond motifs is 1. The molecule has 3 heterocycles. The second kappa shape index (κ2) is 5.49. The van der Waals surface area contributed by atoms with Crippen LogP contribution in [0.15, 0.2) is 41.7 Å². The Morgan fingerprint density at radius 3 is 2.90 bits per heavy atom. The summed E-state index contributed by atoms with van der Waals surface area (Å²) in [5.74, 6) is -0.304. The summed E-state index contributed by atoms with van der Waals surface area (Å²) in [7, 11) is 0. The smallest absolute Gasteiger partial charge is 0.316 e. The Bertz CT molecular complexity index is 790. The van der Waals surface area contributed by atoms with Gasteiger partial charge in [0.2, 0.25) is 0 Å². The Morgan fingerprint density at radius 2 is 2.19 bits per heavy atom. The van der Waals surface area contributed by atoms with E-state index in [-0.39, 0.29) is 0 Å². The average molecular weight is 301 g/mol. The van der Waals surface area contributed by atoms with Gasteiger partial charge in [0.1, 0.15) is 10.3 Å². The van der Waals surface area contributed by atoms with E-state index in [9.17, 15) is 4.79 Å². The highest BCUT2D eigenvalue weighted by Crippen LogP contribution is 2.23. The summed E-state index contributed by atoms with van der Waals surface area (Å²) >= 11 is 1.17. The highest BCUT2D eigenvalue weighted by atomic mass is 32.2. The molecule has 0 saturated heterocycles. The molecule has 8 heteroatoms. The number of hydrogen-bond acceptors (Lipinski definition) is 6. The Kier molecular flexibility index (Phi) is 3.53. The van der Waals surface area contributed by atoms with Crippen molar-refractivity contribution < 1.29 is 9.90 Å². The van der Waals surface area contributed by atoms with Crippen molar-refractivity contribution in [3.63, 3.8) is 0 Å². The molecule has 3 aromatic heterocycles. The summed E-state index contributed by atoms with van der Waals surface area (Å²) < 4.78 is 1.59. The molecule has 0 spiro atoms. The zero-order valence-electron chi connectivity index (χ0n) is 11.0. The van der Waals surface area contributed by atoms with Crippen molar-refractivity contribution in [1.29, 1.82) is 0 Å². The lowest BCUT2D eigenvalue weighted by molar-refractivity contribution is -0.136. The van der Waals surface area contributed by atoms with E-state index in [2.05, 4.69) is 20.3 Å². The molecule has 1 atom stereocenters. The van der Waals surface area contributed by atoms with Gasteiger partial charge in [-0.25, -0.2) is 0 Å². The summed E-state index contributed by atoms with van der Waals surface area (Å²) in [5.41, 5.74) is 1.40. The molecule has 21 heavy (non-hydrogen) atoms. The number of carbonyl (C=O) groups is 1. The molecule has 0 unspecified atom stereocenters. The monoisotopic (exact) mass is 301 g/mol. The van der Waals surface area contributed by atoms with Gasteiger partial charge in [-0.15, -0.1) is 10.2 Å². The SMILES string of the molecule is C[C@@H](Sc1ccc2nnc(-c3cccnc3)n2n1)C(=O)O.